The number of rotatable bonds is 5. The fourth-order valence-electron chi connectivity index (χ4n) is 2.24. The van der Waals surface area contributed by atoms with E-state index in [1.807, 2.05) is 6.07 Å². The minimum atomic E-state index is 0.184. The van der Waals surface area contributed by atoms with Crippen LogP contribution in [0.5, 0.6) is 5.75 Å². The fourth-order valence-corrected chi connectivity index (χ4v) is 2.65. The van der Waals surface area contributed by atoms with Crippen LogP contribution in [-0.4, -0.2) is 25.6 Å². The summed E-state index contributed by atoms with van der Waals surface area (Å²) in [7, 11) is 0. The van der Waals surface area contributed by atoms with E-state index in [1.54, 1.807) is 0 Å². The average molecular weight is 266 g/mol. The van der Waals surface area contributed by atoms with Gasteiger partial charge >= 0.3 is 0 Å². The van der Waals surface area contributed by atoms with Crippen LogP contribution in [0.15, 0.2) is 24.3 Å². The van der Waals surface area contributed by atoms with Crippen molar-refractivity contribution in [3.8, 4) is 5.75 Å². The van der Waals surface area contributed by atoms with Gasteiger partial charge in [0.15, 0.2) is 0 Å². The summed E-state index contributed by atoms with van der Waals surface area (Å²) in [6.07, 6.45) is 3.14. The minimum Gasteiger partial charge on any atom is -0.493 e. The highest BCUT2D eigenvalue weighted by Crippen LogP contribution is 2.32. The summed E-state index contributed by atoms with van der Waals surface area (Å²) in [4.78, 5) is 0. The molecule has 0 atom stereocenters. The van der Waals surface area contributed by atoms with Crippen LogP contribution in [0.1, 0.15) is 25.3 Å². The van der Waals surface area contributed by atoms with Crippen LogP contribution in [0.3, 0.4) is 0 Å². The van der Waals surface area contributed by atoms with E-state index in [0.717, 1.165) is 50.6 Å². The van der Waals surface area contributed by atoms with Gasteiger partial charge in [0.1, 0.15) is 5.75 Å². The van der Waals surface area contributed by atoms with Crippen LogP contribution >= 0.6 is 12.6 Å². The molecule has 0 bridgehead atoms. The summed E-state index contributed by atoms with van der Waals surface area (Å²) < 4.78 is 11.4. The van der Waals surface area contributed by atoms with Crippen LogP contribution < -0.4 is 4.74 Å². The van der Waals surface area contributed by atoms with Gasteiger partial charge in [-0.1, -0.05) is 19.1 Å². The van der Waals surface area contributed by atoms with E-state index in [-0.39, 0.29) is 5.41 Å². The van der Waals surface area contributed by atoms with Crippen molar-refractivity contribution in [2.24, 2.45) is 5.41 Å². The van der Waals surface area contributed by atoms with E-state index >= 15 is 0 Å². The number of hydrogen-bond acceptors (Lipinski definition) is 3. The van der Waals surface area contributed by atoms with Gasteiger partial charge in [-0.05, 0) is 42.7 Å². The largest absolute Gasteiger partial charge is 0.493 e. The molecule has 3 heteroatoms. The second-order valence-electron chi connectivity index (χ2n) is 5.06. The van der Waals surface area contributed by atoms with E-state index in [2.05, 4.69) is 37.8 Å². The Morgan fingerprint density at radius 1 is 1.33 bits per heavy atom. The molecule has 1 saturated heterocycles. The number of ether oxygens (including phenoxy) is 2. The van der Waals surface area contributed by atoms with Gasteiger partial charge in [0.2, 0.25) is 0 Å². The molecule has 0 amide bonds. The highest BCUT2D eigenvalue weighted by atomic mass is 32.1. The molecule has 1 fully saturated rings. The van der Waals surface area contributed by atoms with Gasteiger partial charge in [-0.15, -0.1) is 0 Å². The van der Waals surface area contributed by atoms with E-state index in [1.165, 1.54) is 5.56 Å². The minimum absolute atomic E-state index is 0.184. The molecular weight excluding hydrogens is 244 g/mol. The number of benzene rings is 1. The summed E-state index contributed by atoms with van der Waals surface area (Å²) >= 11 is 4.50. The zero-order chi connectivity index (χ0) is 12.8. The standard InChI is InChI=1S/C15H22O2S/c1-2-13-4-3-5-14(10-13)17-11-15(12-18)6-8-16-9-7-15/h3-5,10,18H,2,6-9,11-12H2,1H3. The fraction of sp³-hybridized carbons (Fsp3) is 0.600. The Morgan fingerprint density at radius 2 is 2.11 bits per heavy atom. The lowest BCUT2D eigenvalue weighted by molar-refractivity contribution is 0.00310. The summed E-state index contributed by atoms with van der Waals surface area (Å²) in [5, 5.41) is 0. The van der Waals surface area contributed by atoms with E-state index in [9.17, 15) is 0 Å². The quantitative estimate of drug-likeness (QED) is 0.824. The second-order valence-corrected chi connectivity index (χ2v) is 5.38. The van der Waals surface area contributed by atoms with Gasteiger partial charge in [0.25, 0.3) is 0 Å². The molecule has 0 spiro atoms. The smallest absolute Gasteiger partial charge is 0.119 e. The highest BCUT2D eigenvalue weighted by molar-refractivity contribution is 7.80. The molecule has 1 aromatic rings. The maximum absolute atomic E-state index is 5.98. The molecule has 1 heterocycles. The number of thiol groups is 1. The van der Waals surface area contributed by atoms with Gasteiger partial charge in [-0.25, -0.2) is 0 Å². The van der Waals surface area contributed by atoms with Gasteiger partial charge in [0, 0.05) is 18.6 Å². The Hall–Kier alpha value is -0.670. The summed E-state index contributed by atoms with van der Waals surface area (Å²) in [6, 6.07) is 8.36. The van der Waals surface area contributed by atoms with Gasteiger partial charge < -0.3 is 9.47 Å². The van der Waals surface area contributed by atoms with Crippen molar-refractivity contribution in [2.75, 3.05) is 25.6 Å². The Morgan fingerprint density at radius 3 is 2.78 bits per heavy atom. The maximum atomic E-state index is 5.98. The first-order chi connectivity index (χ1) is 8.78. The Kier molecular flexibility index (Phi) is 4.95. The molecule has 1 aliphatic heterocycles. The molecule has 0 radical (unpaired) electrons. The van der Waals surface area contributed by atoms with Crippen LogP contribution in [0.2, 0.25) is 0 Å². The molecule has 18 heavy (non-hydrogen) atoms. The van der Waals surface area contributed by atoms with Crippen molar-refractivity contribution in [3.63, 3.8) is 0 Å². The molecule has 2 nitrogen and oxygen atoms in total. The molecule has 1 aromatic carbocycles. The van der Waals surface area contributed by atoms with Crippen LogP contribution in [-0.2, 0) is 11.2 Å². The first-order valence-corrected chi connectivity index (χ1v) is 7.32. The lowest BCUT2D eigenvalue weighted by Gasteiger charge is -2.35. The Balaban J connectivity index is 1.96. The molecular formula is C15H22O2S. The predicted molar refractivity (Wildman–Crippen MR) is 77.7 cm³/mol. The summed E-state index contributed by atoms with van der Waals surface area (Å²) in [5.74, 6) is 1.84. The molecule has 0 unspecified atom stereocenters. The van der Waals surface area contributed by atoms with E-state index in [0.29, 0.717) is 0 Å². The molecule has 0 aliphatic carbocycles. The van der Waals surface area contributed by atoms with Crippen molar-refractivity contribution in [1.29, 1.82) is 0 Å². The molecule has 2 rings (SSSR count). The van der Waals surface area contributed by atoms with Crippen molar-refractivity contribution in [3.05, 3.63) is 29.8 Å². The molecule has 0 aromatic heterocycles. The van der Waals surface area contributed by atoms with E-state index in [4.69, 9.17) is 9.47 Å². The zero-order valence-electron chi connectivity index (χ0n) is 11.0. The monoisotopic (exact) mass is 266 g/mol. The normalized spacial score (nSPS) is 18.6. The topological polar surface area (TPSA) is 18.5 Å². The van der Waals surface area contributed by atoms with Crippen molar-refractivity contribution in [2.45, 2.75) is 26.2 Å². The molecule has 1 aliphatic rings. The van der Waals surface area contributed by atoms with Gasteiger partial charge in [-0.3, -0.25) is 0 Å². The van der Waals surface area contributed by atoms with Crippen LogP contribution in [0.25, 0.3) is 0 Å². The maximum Gasteiger partial charge on any atom is 0.119 e. The first kappa shape index (κ1) is 13.8. The molecule has 100 valence electrons. The first-order valence-electron chi connectivity index (χ1n) is 6.68. The number of aryl methyl sites for hydroxylation is 1. The van der Waals surface area contributed by atoms with Gasteiger partial charge in [-0.2, -0.15) is 12.6 Å². The van der Waals surface area contributed by atoms with Crippen molar-refractivity contribution >= 4 is 12.6 Å². The third-order valence-corrected chi connectivity index (χ3v) is 4.41. The zero-order valence-corrected chi connectivity index (χ0v) is 11.9. The van der Waals surface area contributed by atoms with Crippen molar-refractivity contribution < 1.29 is 9.47 Å². The van der Waals surface area contributed by atoms with Crippen LogP contribution in [0.4, 0.5) is 0 Å². The third kappa shape index (κ3) is 3.42. The summed E-state index contributed by atoms with van der Waals surface area (Å²) in [5.41, 5.74) is 1.50. The average Bonchev–Trinajstić information content (AvgIpc) is 2.46. The van der Waals surface area contributed by atoms with Crippen LogP contribution in [0, 0.1) is 5.41 Å². The number of hydrogen-bond donors (Lipinski definition) is 1. The van der Waals surface area contributed by atoms with E-state index < -0.39 is 0 Å². The second kappa shape index (κ2) is 6.48. The summed E-state index contributed by atoms with van der Waals surface area (Å²) in [6.45, 7) is 4.57. The predicted octanol–water partition coefficient (Wildman–Crippen LogP) is 3.35. The molecule has 0 saturated carbocycles. The lowest BCUT2D eigenvalue weighted by Crippen LogP contribution is -2.36. The molecule has 0 N–H and O–H groups in total. The van der Waals surface area contributed by atoms with Crippen molar-refractivity contribution in [1.82, 2.24) is 0 Å². The SMILES string of the molecule is CCc1cccc(OCC2(CS)CCOCC2)c1. The Bertz CT molecular complexity index is 373. The lowest BCUT2D eigenvalue weighted by atomic mass is 9.83. The third-order valence-electron chi connectivity index (χ3n) is 3.74. The Labute approximate surface area is 115 Å². The highest BCUT2D eigenvalue weighted by Gasteiger charge is 2.32. The van der Waals surface area contributed by atoms with Gasteiger partial charge in [0.05, 0.1) is 6.61 Å².